The van der Waals surface area contributed by atoms with E-state index in [-0.39, 0.29) is 23.5 Å². The number of amides is 2. The number of benzene rings is 3. The van der Waals surface area contributed by atoms with E-state index in [1.165, 1.54) is 11.1 Å². The number of ether oxygens (including phenoxy) is 3. The number of nitrogens with one attached hydrogen (secondary N) is 1. The average molecular weight is 876 g/mol. The van der Waals surface area contributed by atoms with Crippen LogP contribution in [0.1, 0.15) is 71.1 Å². The molecule has 1 fully saturated rings. The zero-order valence-corrected chi connectivity index (χ0v) is 39.3. The van der Waals surface area contributed by atoms with Gasteiger partial charge in [0.15, 0.2) is 8.32 Å². The van der Waals surface area contributed by atoms with E-state index in [2.05, 4.69) is 56.2 Å². The molecule has 0 bridgehead atoms. The van der Waals surface area contributed by atoms with Crippen molar-refractivity contribution in [3.8, 4) is 45.1 Å². The summed E-state index contributed by atoms with van der Waals surface area (Å²) in [5, 5.41) is 4.21. The lowest BCUT2D eigenvalue weighted by Crippen LogP contribution is -2.43. The third-order valence-electron chi connectivity index (χ3n) is 11.8. The van der Waals surface area contributed by atoms with Crippen LogP contribution in [0.3, 0.4) is 0 Å². The maximum absolute atomic E-state index is 13.4. The fourth-order valence-corrected chi connectivity index (χ4v) is 9.19. The molecule has 0 aliphatic carbocycles. The van der Waals surface area contributed by atoms with E-state index in [9.17, 15) is 9.59 Å². The second kappa shape index (κ2) is 18.5. The summed E-state index contributed by atoms with van der Waals surface area (Å²) in [6, 6.07) is 19.7. The van der Waals surface area contributed by atoms with Crippen LogP contribution in [0.5, 0.6) is 11.6 Å². The standard InChI is InChI=1S/C47H60Cl2N4O6Si/c1-46(2,3)59-45(55)53(28-33-18-20-41(54)50-33)27-31-17-19-39(51-44(31)57-8)37-16-12-15-36(43(37)49)35-14-11-13-34(42(35)48)32-25-30-21-22-52(29-38(30)40(26-32)56-7)23-24-58-60(9,10)47(4,5)6/h11-17,19,25-26,33H,18,20-24,27-29H2,1-10H3,(H,50,54)/t33-/m0/s1. The lowest BCUT2D eigenvalue weighted by atomic mass is 9.92. The Morgan fingerprint density at radius 3 is 2.20 bits per heavy atom. The van der Waals surface area contributed by atoms with Gasteiger partial charge in [0.05, 0.1) is 36.5 Å². The van der Waals surface area contributed by atoms with E-state index in [4.69, 9.17) is 46.8 Å². The van der Waals surface area contributed by atoms with Gasteiger partial charge in [0.25, 0.3) is 0 Å². The fraction of sp³-hybridized carbons (Fsp3) is 0.468. The van der Waals surface area contributed by atoms with Crippen molar-refractivity contribution in [3.63, 3.8) is 0 Å². The zero-order chi connectivity index (χ0) is 43.6. The van der Waals surface area contributed by atoms with Crippen LogP contribution < -0.4 is 14.8 Å². The Morgan fingerprint density at radius 1 is 0.917 bits per heavy atom. The van der Waals surface area contributed by atoms with E-state index in [1.807, 2.05) is 69.3 Å². The van der Waals surface area contributed by atoms with Gasteiger partial charge in [-0.25, -0.2) is 9.78 Å². The van der Waals surface area contributed by atoms with Crippen LogP contribution in [-0.4, -0.2) is 87.2 Å². The molecule has 10 nitrogen and oxygen atoms in total. The van der Waals surface area contributed by atoms with Gasteiger partial charge in [-0.3, -0.25) is 9.69 Å². The number of pyridine rings is 1. The highest BCUT2D eigenvalue weighted by molar-refractivity contribution is 6.74. The molecule has 3 heterocycles. The molecule has 0 spiro atoms. The molecule has 2 amide bonds. The maximum atomic E-state index is 13.4. The molecule has 322 valence electrons. The van der Waals surface area contributed by atoms with Crippen molar-refractivity contribution in [2.45, 2.75) is 104 Å². The number of hydrogen-bond donors (Lipinski definition) is 1. The van der Waals surface area contributed by atoms with Crippen LogP contribution in [-0.2, 0) is 33.5 Å². The first-order valence-corrected chi connectivity index (χ1v) is 24.4. The van der Waals surface area contributed by atoms with Crippen LogP contribution >= 0.6 is 23.2 Å². The number of halogens is 2. The first-order chi connectivity index (χ1) is 28.3. The SMILES string of the molecule is COc1cc(-c2cccc(-c3cccc(-c4ccc(CN(C[C@@H]5CCC(=O)N5)C(=O)OC(C)(C)C)c(OC)n4)c3Cl)c2Cl)cc2c1CN(CCO[Si](C)(C)C(C)(C)C)CC2. The second-order valence-corrected chi connectivity index (χ2v) is 23.9. The first kappa shape index (κ1) is 45.4. The molecular weight excluding hydrogens is 816 g/mol. The summed E-state index contributed by atoms with van der Waals surface area (Å²) in [5.41, 5.74) is 7.18. The Morgan fingerprint density at radius 2 is 1.58 bits per heavy atom. The first-order valence-electron chi connectivity index (χ1n) is 20.7. The summed E-state index contributed by atoms with van der Waals surface area (Å²) in [5.74, 6) is 1.17. The molecule has 2 aliphatic heterocycles. The Balaban J connectivity index is 1.24. The van der Waals surface area contributed by atoms with Crippen molar-refractivity contribution in [1.82, 2.24) is 20.1 Å². The quantitative estimate of drug-likeness (QED) is 0.133. The van der Waals surface area contributed by atoms with Crippen molar-refractivity contribution in [2.75, 3.05) is 40.5 Å². The third kappa shape index (κ3) is 10.5. The van der Waals surface area contributed by atoms with Crippen LogP contribution in [0.25, 0.3) is 33.5 Å². The minimum atomic E-state index is -1.81. The fourth-order valence-electron chi connectivity index (χ4n) is 7.49. The molecule has 0 unspecified atom stereocenters. The summed E-state index contributed by atoms with van der Waals surface area (Å²) in [6.07, 6.45) is 1.49. The van der Waals surface area contributed by atoms with Crippen molar-refractivity contribution < 1.29 is 28.2 Å². The predicted octanol–water partition coefficient (Wildman–Crippen LogP) is 10.8. The summed E-state index contributed by atoms with van der Waals surface area (Å²) >= 11 is 14.6. The smallest absolute Gasteiger partial charge is 0.410 e. The molecule has 4 aromatic rings. The average Bonchev–Trinajstić information content (AvgIpc) is 3.60. The van der Waals surface area contributed by atoms with E-state index in [0.29, 0.717) is 52.1 Å². The van der Waals surface area contributed by atoms with Gasteiger partial charge >= 0.3 is 6.09 Å². The molecule has 6 rings (SSSR count). The van der Waals surface area contributed by atoms with E-state index in [1.54, 1.807) is 19.1 Å². The van der Waals surface area contributed by atoms with Gasteiger partial charge in [-0.2, -0.15) is 0 Å². The van der Waals surface area contributed by atoms with Gasteiger partial charge in [0.1, 0.15) is 11.4 Å². The number of carbonyl (C=O) groups excluding carboxylic acids is 2. The Kier molecular flexibility index (Phi) is 14.0. The molecule has 60 heavy (non-hydrogen) atoms. The molecule has 2 aliphatic rings. The summed E-state index contributed by atoms with van der Waals surface area (Å²) in [6.45, 7) is 20.7. The van der Waals surface area contributed by atoms with Crippen molar-refractivity contribution in [1.29, 1.82) is 0 Å². The largest absolute Gasteiger partial charge is 0.496 e. The molecule has 1 aromatic heterocycles. The molecule has 3 aromatic carbocycles. The van der Waals surface area contributed by atoms with Crippen LogP contribution in [0.4, 0.5) is 4.79 Å². The monoisotopic (exact) mass is 874 g/mol. The predicted molar refractivity (Wildman–Crippen MR) is 244 cm³/mol. The van der Waals surface area contributed by atoms with Gasteiger partial charge in [-0.1, -0.05) is 86.4 Å². The lowest BCUT2D eigenvalue weighted by molar-refractivity contribution is -0.119. The number of nitrogens with zero attached hydrogens (tertiary/aromatic N) is 3. The number of methoxy groups -OCH3 is 2. The number of aromatic nitrogens is 1. The van der Waals surface area contributed by atoms with Gasteiger partial charge in [-0.05, 0) is 81.1 Å². The summed E-state index contributed by atoms with van der Waals surface area (Å²) in [7, 11) is 1.46. The Labute approximate surface area is 367 Å². The van der Waals surface area contributed by atoms with E-state index >= 15 is 0 Å². The van der Waals surface area contributed by atoms with Crippen molar-refractivity contribution in [3.05, 3.63) is 87.4 Å². The molecular formula is C47H60Cl2N4O6Si. The summed E-state index contributed by atoms with van der Waals surface area (Å²) in [4.78, 5) is 34.2. The lowest BCUT2D eigenvalue weighted by Gasteiger charge is -2.37. The Hall–Kier alpha value is -4.13. The minimum Gasteiger partial charge on any atom is -0.496 e. The van der Waals surface area contributed by atoms with Crippen LogP contribution in [0.2, 0.25) is 28.2 Å². The molecule has 1 atom stereocenters. The zero-order valence-electron chi connectivity index (χ0n) is 36.8. The molecule has 13 heteroatoms. The van der Waals surface area contributed by atoms with Gasteiger partial charge < -0.3 is 28.9 Å². The van der Waals surface area contributed by atoms with Gasteiger partial charge in [-0.15, -0.1) is 0 Å². The summed E-state index contributed by atoms with van der Waals surface area (Å²) < 4.78 is 24.0. The number of fused-ring (bicyclic) bond motifs is 1. The maximum Gasteiger partial charge on any atom is 0.410 e. The topological polar surface area (TPSA) is 102 Å². The van der Waals surface area contributed by atoms with Crippen LogP contribution in [0, 0.1) is 0 Å². The van der Waals surface area contributed by atoms with Crippen molar-refractivity contribution in [2.24, 2.45) is 0 Å². The number of hydrogen-bond acceptors (Lipinski definition) is 8. The minimum absolute atomic E-state index is 0.0233. The molecule has 0 saturated carbocycles. The van der Waals surface area contributed by atoms with E-state index < -0.39 is 20.0 Å². The highest BCUT2D eigenvalue weighted by Gasteiger charge is 2.37. The Bertz CT molecular complexity index is 2200. The van der Waals surface area contributed by atoms with E-state index in [0.717, 1.165) is 60.7 Å². The number of carbonyl (C=O) groups is 2. The second-order valence-electron chi connectivity index (χ2n) is 18.3. The molecule has 0 radical (unpaired) electrons. The van der Waals surface area contributed by atoms with Gasteiger partial charge in [0, 0.05) is 78.6 Å². The number of rotatable bonds is 13. The molecule has 1 saturated heterocycles. The van der Waals surface area contributed by atoms with Gasteiger partial charge in [0.2, 0.25) is 11.8 Å². The molecule has 1 N–H and O–H groups in total. The van der Waals surface area contributed by atoms with Crippen molar-refractivity contribution >= 4 is 43.5 Å². The highest BCUT2D eigenvalue weighted by atomic mass is 35.5. The third-order valence-corrected chi connectivity index (χ3v) is 17.2. The normalized spacial score (nSPS) is 16.0. The van der Waals surface area contributed by atoms with Crippen LogP contribution in [0.15, 0.2) is 60.7 Å². The highest BCUT2D eigenvalue weighted by Crippen LogP contribution is 2.44.